The average molecular weight is 489 g/mol. The zero-order valence-electron chi connectivity index (χ0n) is 19.5. The van der Waals surface area contributed by atoms with Crippen LogP contribution in [0, 0.1) is 10.1 Å². The van der Waals surface area contributed by atoms with Gasteiger partial charge in [0.15, 0.2) is 0 Å². The minimum absolute atomic E-state index is 0.0710. The predicted octanol–water partition coefficient (Wildman–Crippen LogP) is 3.94. The lowest BCUT2D eigenvalue weighted by Gasteiger charge is -2.37. The van der Waals surface area contributed by atoms with Crippen LogP contribution in [0.2, 0.25) is 0 Å². The van der Waals surface area contributed by atoms with Gasteiger partial charge in [-0.2, -0.15) is 0 Å². The Bertz CT molecular complexity index is 1410. The summed E-state index contributed by atoms with van der Waals surface area (Å²) in [6, 6.07) is 16.9. The van der Waals surface area contributed by atoms with E-state index in [1.54, 1.807) is 29.0 Å². The second-order valence-electron chi connectivity index (χ2n) is 8.36. The van der Waals surface area contributed by atoms with Crippen LogP contribution in [0.3, 0.4) is 0 Å². The van der Waals surface area contributed by atoms with Crippen LogP contribution < -0.4 is 10.9 Å². The molecular weight excluding hydrogens is 464 g/mol. The Kier molecular flexibility index (Phi) is 6.95. The lowest BCUT2D eigenvalue weighted by molar-refractivity contribution is -0.384. The number of nitro benzene ring substituents is 1. The van der Waals surface area contributed by atoms with E-state index in [1.807, 2.05) is 30.3 Å². The first-order chi connectivity index (χ1) is 17.3. The molecule has 1 aliphatic rings. The molecule has 2 heterocycles. The molecule has 0 bridgehead atoms. The van der Waals surface area contributed by atoms with Crippen LogP contribution >= 0.6 is 0 Å². The third kappa shape index (κ3) is 4.88. The van der Waals surface area contributed by atoms with E-state index in [9.17, 15) is 29.6 Å². The van der Waals surface area contributed by atoms with Gasteiger partial charge in [0.1, 0.15) is 0 Å². The quantitative estimate of drug-likeness (QED) is 0.364. The van der Waals surface area contributed by atoms with E-state index in [1.165, 1.54) is 30.0 Å². The molecule has 2 aromatic carbocycles. The van der Waals surface area contributed by atoms with Gasteiger partial charge in [0.25, 0.3) is 11.2 Å². The van der Waals surface area contributed by atoms with Gasteiger partial charge in [-0.1, -0.05) is 42.5 Å². The zero-order valence-corrected chi connectivity index (χ0v) is 19.5. The molecule has 1 aromatic heterocycles. The number of non-ortho nitro benzene ring substituents is 1. The molecule has 0 radical (unpaired) electrons. The first-order valence-corrected chi connectivity index (χ1v) is 11.3. The first kappa shape index (κ1) is 24.4. The molecule has 0 spiro atoms. The van der Waals surface area contributed by atoms with Crippen molar-refractivity contribution in [2.45, 2.75) is 25.9 Å². The van der Waals surface area contributed by atoms with Crippen molar-refractivity contribution < 1.29 is 19.6 Å². The number of urea groups is 1. The van der Waals surface area contributed by atoms with Crippen LogP contribution in [0.4, 0.5) is 10.5 Å². The van der Waals surface area contributed by atoms with Crippen molar-refractivity contribution in [1.29, 1.82) is 0 Å². The maximum absolute atomic E-state index is 13.0. The van der Waals surface area contributed by atoms with Gasteiger partial charge in [0, 0.05) is 42.7 Å². The van der Waals surface area contributed by atoms with E-state index in [2.05, 4.69) is 5.32 Å². The number of nitro groups is 1. The second kappa shape index (κ2) is 10.3. The minimum Gasteiger partial charge on any atom is -0.478 e. The molecule has 0 fully saturated rings. The molecule has 0 aliphatic carbocycles. The molecule has 4 rings (SSSR count). The number of hydrogen-bond donors (Lipinski definition) is 2. The molecule has 1 aliphatic heterocycles. The summed E-state index contributed by atoms with van der Waals surface area (Å²) in [6.07, 6.45) is 2.01. The van der Waals surface area contributed by atoms with Crippen LogP contribution in [0.15, 0.2) is 89.0 Å². The van der Waals surface area contributed by atoms with Crippen LogP contribution in [0.25, 0.3) is 11.1 Å². The Morgan fingerprint density at radius 3 is 2.50 bits per heavy atom. The molecular formula is C26H24N4O6. The third-order valence-electron chi connectivity index (χ3n) is 6.07. The first-order valence-electron chi connectivity index (χ1n) is 11.3. The summed E-state index contributed by atoms with van der Waals surface area (Å²) in [5.74, 6) is -1.24. The van der Waals surface area contributed by atoms with Gasteiger partial charge < -0.3 is 19.9 Å². The maximum atomic E-state index is 13.0. The Labute approximate surface area is 206 Å². The summed E-state index contributed by atoms with van der Waals surface area (Å²) in [4.78, 5) is 50.1. The third-order valence-corrected chi connectivity index (χ3v) is 6.07. The number of nitrogens with one attached hydrogen (secondary N) is 1. The topological polar surface area (TPSA) is 135 Å². The van der Waals surface area contributed by atoms with Gasteiger partial charge in [-0.05, 0) is 36.6 Å². The van der Waals surface area contributed by atoms with Crippen LogP contribution in [-0.4, -0.2) is 38.0 Å². The summed E-state index contributed by atoms with van der Waals surface area (Å²) in [5, 5.41) is 23.8. The number of benzene rings is 2. The SMILES string of the molecule is CC1=C(C(=O)O)C(c2cccc([N+](=O)[O-])c2)N(CCCn2cccc(-c3ccccc3)c2=O)C(=O)N1. The Morgan fingerprint density at radius 1 is 1.06 bits per heavy atom. The molecule has 0 saturated carbocycles. The standard InChI is InChI=1S/C26H24N4O6/c1-17-22(25(32)33)23(19-10-5-11-20(16-19)30(35)36)29(26(34)27-17)15-7-14-28-13-6-12-21(24(28)31)18-8-3-2-4-9-18/h2-6,8-13,16,23H,7,14-15H2,1H3,(H,27,34)(H,32,33). The largest absolute Gasteiger partial charge is 0.478 e. The average Bonchev–Trinajstić information content (AvgIpc) is 2.86. The van der Waals surface area contributed by atoms with Crippen molar-refractivity contribution >= 4 is 17.7 Å². The highest BCUT2D eigenvalue weighted by atomic mass is 16.6. The number of allylic oxidation sites excluding steroid dienone is 1. The molecule has 1 atom stereocenters. The number of carbonyl (C=O) groups excluding carboxylic acids is 1. The van der Waals surface area contributed by atoms with Crippen LogP contribution in [0.1, 0.15) is 24.9 Å². The Hall–Kier alpha value is -4.73. The number of nitrogens with zero attached hydrogens (tertiary/aromatic N) is 3. The zero-order chi connectivity index (χ0) is 25.8. The number of rotatable bonds is 8. The number of carboxylic acid groups (broad SMARTS) is 1. The molecule has 10 heteroatoms. The fraction of sp³-hybridized carbons (Fsp3) is 0.192. The van der Waals surface area contributed by atoms with E-state index in [0.717, 1.165) is 5.56 Å². The number of carboxylic acids is 1. The van der Waals surface area contributed by atoms with Crippen molar-refractivity contribution in [1.82, 2.24) is 14.8 Å². The fourth-order valence-electron chi connectivity index (χ4n) is 4.40. The normalized spacial score (nSPS) is 15.5. The predicted molar refractivity (Wildman–Crippen MR) is 132 cm³/mol. The Morgan fingerprint density at radius 2 is 1.81 bits per heavy atom. The van der Waals surface area contributed by atoms with Crippen molar-refractivity contribution in [3.8, 4) is 11.1 Å². The molecule has 0 saturated heterocycles. The molecule has 184 valence electrons. The highest BCUT2D eigenvalue weighted by molar-refractivity contribution is 5.93. The van der Waals surface area contributed by atoms with Crippen molar-refractivity contribution in [2.75, 3.05) is 6.54 Å². The van der Waals surface area contributed by atoms with E-state index >= 15 is 0 Å². The lowest BCUT2D eigenvalue weighted by Crippen LogP contribution is -2.49. The van der Waals surface area contributed by atoms with Crippen molar-refractivity contribution in [3.05, 3.63) is 110 Å². The summed E-state index contributed by atoms with van der Waals surface area (Å²) in [5.41, 5.74) is 1.39. The van der Waals surface area contributed by atoms with Gasteiger partial charge in [0.2, 0.25) is 0 Å². The van der Waals surface area contributed by atoms with E-state index in [4.69, 9.17) is 0 Å². The van der Waals surface area contributed by atoms with E-state index in [0.29, 0.717) is 17.5 Å². The summed E-state index contributed by atoms with van der Waals surface area (Å²) < 4.78 is 1.55. The fourth-order valence-corrected chi connectivity index (χ4v) is 4.40. The number of amides is 2. The highest BCUT2D eigenvalue weighted by Crippen LogP contribution is 2.35. The number of aromatic nitrogens is 1. The van der Waals surface area contributed by atoms with E-state index in [-0.39, 0.29) is 35.6 Å². The molecule has 1 unspecified atom stereocenters. The van der Waals surface area contributed by atoms with Gasteiger partial charge in [-0.15, -0.1) is 0 Å². The van der Waals surface area contributed by atoms with Gasteiger partial charge >= 0.3 is 12.0 Å². The van der Waals surface area contributed by atoms with Crippen molar-refractivity contribution in [2.24, 2.45) is 0 Å². The second-order valence-corrected chi connectivity index (χ2v) is 8.36. The summed E-state index contributed by atoms with van der Waals surface area (Å²) in [6.45, 7) is 1.89. The molecule has 2 N–H and O–H groups in total. The van der Waals surface area contributed by atoms with Gasteiger partial charge in [-0.25, -0.2) is 9.59 Å². The number of aryl methyl sites for hydroxylation is 1. The minimum atomic E-state index is -1.24. The molecule has 10 nitrogen and oxygen atoms in total. The number of aliphatic carboxylic acids is 1. The lowest BCUT2D eigenvalue weighted by atomic mass is 9.93. The highest BCUT2D eigenvalue weighted by Gasteiger charge is 2.38. The molecule has 36 heavy (non-hydrogen) atoms. The monoisotopic (exact) mass is 488 g/mol. The Balaban J connectivity index is 1.61. The van der Waals surface area contributed by atoms with Gasteiger partial charge in [0.05, 0.1) is 16.5 Å². The summed E-state index contributed by atoms with van der Waals surface area (Å²) in [7, 11) is 0. The number of hydrogen-bond acceptors (Lipinski definition) is 5. The molecule has 3 aromatic rings. The van der Waals surface area contributed by atoms with Crippen LogP contribution in [0.5, 0.6) is 0 Å². The number of carbonyl (C=O) groups is 2. The van der Waals surface area contributed by atoms with Crippen molar-refractivity contribution in [3.63, 3.8) is 0 Å². The molecule has 2 amide bonds. The summed E-state index contributed by atoms with van der Waals surface area (Å²) >= 11 is 0. The number of pyridine rings is 1. The maximum Gasteiger partial charge on any atom is 0.335 e. The smallest absolute Gasteiger partial charge is 0.335 e. The van der Waals surface area contributed by atoms with Gasteiger partial charge in [-0.3, -0.25) is 14.9 Å². The van der Waals surface area contributed by atoms with E-state index < -0.39 is 23.0 Å². The van der Waals surface area contributed by atoms with Crippen LogP contribution in [-0.2, 0) is 11.3 Å².